The number of hydrogen-bond donors (Lipinski definition) is 0. The summed E-state index contributed by atoms with van der Waals surface area (Å²) in [5.41, 5.74) is 0. The van der Waals surface area contributed by atoms with Crippen molar-refractivity contribution in [3.63, 3.8) is 0 Å². The van der Waals surface area contributed by atoms with Crippen molar-refractivity contribution in [1.29, 1.82) is 0 Å². The molecule has 0 amide bonds. The van der Waals surface area contributed by atoms with Crippen molar-refractivity contribution in [3.05, 3.63) is 12.7 Å². The highest BCUT2D eigenvalue weighted by Gasteiger charge is 2.32. The SMILES string of the molecule is C=CCS(=O)(=O)N1CCC[C@H](C(=O)OCC)C1. The lowest BCUT2D eigenvalue weighted by Crippen LogP contribution is -2.43. The van der Waals surface area contributed by atoms with Gasteiger partial charge in [0.15, 0.2) is 0 Å². The Labute approximate surface area is 102 Å². The van der Waals surface area contributed by atoms with Crippen LogP contribution in [0.2, 0.25) is 0 Å². The average Bonchev–Trinajstić information content (AvgIpc) is 2.29. The molecular weight excluding hydrogens is 242 g/mol. The van der Waals surface area contributed by atoms with Crippen molar-refractivity contribution in [1.82, 2.24) is 4.31 Å². The molecule has 1 saturated heterocycles. The van der Waals surface area contributed by atoms with Crippen LogP contribution in [0.3, 0.4) is 0 Å². The largest absolute Gasteiger partial charge is 0.466 e. The Hall–Kier alpha value is -0.880. The molecule has 0 unspecified atom stereocenters. The molecule has 0 bridgehead atoms. The summed E-state index contributed by atoms with van der Waals surface area (Å²) in [6.45, 7) is 6.21. The third-order valence-corrected chi connectivity index (χ3v) is 4.50. The lowest BCUT2D eigenvalue weighted by molar-refractivity contribution is -0.149. The van der Waals surface area contributed by atoms with Crippen molar-refractivity contribution >= 4 is 16.0 Å². The van der Waals surface area contributed by atoms with Crippen LogP contribution in [0, 0.1) is 5.92 Å². The second kappa shape index (κ2) is 6.16. The number of carbonyl (C=O) groups is 1. The molecular formula is C11H19NO4S. The van der Waals surface area contributed by atoms with Crippen molar-refractivity contribution in [2.24, 2.45) is 5.92 Å². The first kappa shape index (κ1) is 14.2. The van der Waals surface area contributed by atoms with Crippen LogP contribution in [0.15, 0.2) is 12.7 Å². The first-order valence-electron chi connectivity index (χ1n) is 5.76. The zero-order valence-electron chi connectivity index (χ0n) is 10.1. The lowest BCUT2D eigenvalue weighted by atomic mass is 10.0. The highest BCUT2D eigenvalue weighted by molar-refractivity contribution is 7.89. The normalized spacial score (nSPS) is 22.1. The van der Waals surface area contributed by atoms with E-state index < -0.39 is 10.0 Å². The molecule has 0 saturated carbocycles. The van der Waals surface area contributed by atoms with Gasteiger partial charge in [0.1, 0.15) is 0 Å². The number of hydrogen-bond acceptors (Lipinski definition) is 4. The van der Waals surface area contributed by atoms with Crippen molar-refractivity contribution in [2.75, 3.05) is 25.4 Å². The van der Waals surface area contributed by atoms with Gasteiger partial charge in [-0.2, -0.15) is 0 Å². The van der Waals surface area contributed by atoms with E-state index in [0.717, 1.165) is 0 Å². The monoisotopic (exact) mass is 261 g/mol. The maximum absolute atomic E-state index is 11.8. The van der Waals surface area contributed by atoms with Gasteiger partial charge in [0, 0.05) is 13.1 Å². The van der Waals surface area contributed by atoms with E-state index in [9.17, 15) is 13.2 Å². The Morgan fingerprint density at radius 1 is 1.59 bits per heavy atom. The number of nitrogens with zero attached hydrogens (tertiary/aromatic N) is 1. The predicted octanol–water partition coefficient (Wildman–Crippen LogP) is 0.777. The van der Waals surface area contributed by atoms with Crippen LogP contribution in [0.4, 0.5) is 0 Å². The fraction of sp³-hybridized carbons (Fsp3) is 0.727. The molecule has 0 aromatic rings. The van der Waals surface area contributed by atoms with E-state index in [-0.39, 0.29) is 24.2 Å². The standard InChI is InChI=1S/C11H19NO4S/c1-3-8-17(14,15)12-7-5-6-10(9-12)11(13)16-4-2/h3,10H,1,4-9H2,2H3/t10-/m0/s1. The van der Waals surface area contributed by atoms with E-state index in [0.29, 0.717) is 26.0 Å². The fourth-order valence-electron chi connectivity index (χ4n) is 1.90. The fourth-order valence-corrected chi connectivity index (χ4v) is 3.22. The maximum Gasteiger partial charge on any atom is 0.310 e. The Morgan fingerprint density at radius 3 is 2.88 bits per heavy atom. The molecule has 6 heteroatoms. The summed E-state index contributed by atoms with van der Waals surface area (Å²) < 4.78 is 29.9. The Balaban J connectivity index is 2.66. The molecule has 0 aliphatic carbocycles. The molecule has 1 heterocycles. The maximum atomic E-state index is 11.8. The highest BCUT2D eigenvalue weighted by Crippen LogP contribution is 2.20. The molecule has 5 nitrogen and oxygen atoms in total. The van der Waals surface area contributed by atoms with E-state index in [1.54, 1.807) is 6.92 Å². The van der Waals surface area contributed by atoms with E-state index in [4.69, 9.17) is 4.74 Å². The minimum atomic E-state index is -3.31. The minimum absolute atomic E-state index is 0.0808. The molecule has 0 aromatic carbocycles. The van der Waals surface area contributed by atoms with Gasteiger partial charge in [-0.25, -0.2) is 12.7 Å². The first-order chi connectivity index (χ1) is 8.01. The minimum Gasteiger partial charge on any atom is -0.466 e. The van der Waals surface area contributed by atoms with Crippen LogP contribution >= 0.6 is 0 Å². The van der Waals surface area contributed by atoms with E-state index in [1.165, 1.54) is 10.4 Å². The van der Waals surface area contributed by atoms with E-state index in [1.807, 2.05) is 0 Å². The van der Waals surface area contributed by atoms with Gasteiger partial charge in [-0.15, -0.1) is 6.58 Å². The quantitative estimate of drug-likeness (QED) is 0.542. The molecule has 0 aromatic heterocycles. The lowest BCUT2D eigenvalue weighted by Gasteiger charge is -2.30. The van der Waals surface area contributed by atoms with Crippen LogP contribution in [0.5, 0.6) is 0 Å². The van der Waals surface area contributed by atoms with Gasteiger partial charge in [0.05, 0.1) is 18.3 Å². The molecule has 1 aliphatic heterocycles. The molecule has 0 radical (unpaired) electrons. The second-order valence-electron chi connectivity index (χ2n) is 4.02. The van der Waals surface area contributed by atoms with Gasteiger partial charge in [-0.1, -0.05) is 6.08 Å². The van der Waals surface area contributed by atoms with Crippen molar-refractivity contribution in [2.45, 2.75) is 19.8 Å². The molecule has 1 aliphatic rings. The summed E-state index contributed by atoms with van der Waals surface area (Å²) >= 11 is 0. The van der Waals surface area contributed by atoms with Gasteiger partial charge in [0.2, 0.25) is 10.0 Å². The topological polar surface area (TPSA) is 63.7 Å². The van der Waals surface area contributed by atoms with Crippen LogP contribution in [-0.4, -0.2) is 44.1 Å². The number of esters is 1. The third-order valence-electron chi connectivity index (χ3n) is 2.73. The van der Waals surface area contributed by atoms with Gasteiger partial charge < -0.3 is 4.74 Å². The number of sulfonamides is 1. The third kappa shape index (κ3) is 3.81. The van der Waals surface area contributed by atoms with Gasteiger partial charge in [-0.05, 0) is 19.8 Å². The predicted molar refractivity (Wildman–Crippen MR) is 64.9 cm³/mol. The summed E-state index contributed by atoms with van der Waals surface area (Å²) in [6.07, 6.45) is 2.75. The number of piperidine rings is 1. The smallest absolute Gasteiger partial charge is 0.310 e. The summed E-state index contributed by atoms with van der Waals surface area (Å²) in [5, 5.41) is 0. The van der Waals surface area contributed by atoms with E-state index in [2.05, 4.69) is 6.58 Å². The average molecular weight is 261 g/mol. The Morgan fingerprint density at radius 2 is 2.29 bits per heavy atom. The molecule has 1 atom stereocenters. The van der Waals surface area contributed by atoms with Gasteiger partial charge in [0.25, 0.3) is 0 Å². The zero-order valence-corrected chi connectivity index (χ0v) is 10.9. The summed E-state index contributed by atoms with van der Waals surface area (Å²) in [6, 6.07) is 0. The van der Waals surface area contributed by atoms with Gasteiger partial charge >= 0.3 is 5.97 Å². The zero-order chi connectivity index (χ0) is 12.9. The number of carbonyl (C=O) groups excluding carboxylic acids is 1. The van der Waals surface area contributed by atoms with Crippen molar-refractivity contribution in [3.8, 4) is 0 Å². The second-order valence-corrected chi connectivity index (χ2v) is 6.03. The van der Waals surface area contributed by atoms with Crippen molar-refractivity contribution < 1.29 is 17.9 Å². The molecule has 0 spiro atoms. The van der Waals surface area contributed by atoms with Gasteiger partial charge in [-0.3, -0.25) is 4.79 Å². The summed E-state index contributed by atoms with van der Waals surface area (Å²) in [7, 11) is -3.31. The van der Waals surface area contributed by atoms with Crippen LogP contribution in [-0.2, 0) is 19.6 Å². The molecule has 1 rings (SSSR count). The molecule has 0 N–H and O–H groups in total. The van der Waals surface area contributed by atoms with E-state index >= 15 is 0 Å². The van der Waals surface area contributed by atoms with Crippen LogP contribution in [0.25, 0.3) is 0 Å². The number of rotatable bonds is 5. The molecule has 1 fully saturated rings. The molecule has 98 valence electrons. The first-order valence-corrected chi connectivity index (χ1v) is 7.37. The van der Waals surface area contributed by atoms with Crippen LogP contribution < -0.4 is 0 Å². The Bertz CT molecular complexity index is 377. The highest BCUT2D eigenvalue weighted by atomic mass is 32.2. The molecule has 17 heavy (non-hydrogen) atoms. The summed E-state index contributed by atoms with van der Waals surface area (Å²) in [4.78, 5) is 11.6. The summed E-state index contributed by atoms with van der Waals surface area (Å²) in [5.74, 6) is -0.711. The number of ether oxygens (including phenoxy) is 1. The Kier molecular flexibility index (Phi) is 5.14. The van der Waals surface area contributed by atoms with Crippen LogP contribution in [0.1, 0.15) is 19.8 Å².